The topological polar surface area (TPSA) is 65.0 Å². The van der Waals surface area contributed by atoms with Crippen molar-refractivity contribution in [3.8, 4) is 33.4 Å². The van der Waals surface area contributed by atoms with E-state index in [9.17, 15) is 4.79 Å². The number of hydrogen-bond acceptors (Lipinski definition) is 5. The zero-order valence-electron chi connectivity index (χ0n) is 17.9. The molecule has 0 aliphatic carbocycles. The van der Waals surface area contributed by atoms with Crippen molar-refractivity contribution in [3.63, 3.8) is 0 Å². The second-order valence-corrected chi connectivity index (χ2v) is 8.20. The second-order valence-electron chi connectivity index (χ2n) is 7.14. The van der Waals surface area contributed by atoms with Crippen LogP contribution in [-0.4, -0.2) is 25.3 Å². The summed E-state index contributed by atoms with van der Waals surface area (Å²) < 4.78 is 18.2. The molecule has 6 heteroatoms. The molecule has 0 unspecified atom stereocenters. The van der Waals surface area contributed by atoms with Crippen LogP contribution in [-0.2, 0) is 4.79 Å². The smallest absolute Gasteiger partial charge is 0.328 e. The van der Waals surface area contributed by atoms with Gasteiger partial charge in [0, 0.05) is 16.2 Å². The Bertz CT molecular complexity index is 1300. The second kappa shape index (κ2) is 9.16. The molecule has 1 aromatic heterocycles. The van der Waals surface area contributed by atoms with Crippen LogP contribution in [0.15, 0.2) is 66.7 Å². The van der Waals surface area contributed by atoms with Gasteiger partial charge in [0.1, 0.15) is 17.2 Å². The first-order chi connectivity index (χ1) is 15.5. The van der Waals surface area contributed by atoms with E-state index in [2.05, 4.69) is 0 Å². The Morgan fingerprint density at radius 1 is 0.906 bits per heavy atom. The van der Waals surface area contributed by atoms with Gasteiger partial charge in [0.25, 0.3) is 0 Å². The number of carbonyl (C=O) groups is 1. The van der Waals surface area contributed by atoms with Gasteiger partial charge in [0.2, 0.25) is 0 Å². The minimum Gasteiger partial charge on any atom is -0.497 e. The Labute approximate surface area is 190 Å². The summed E-state index contributed by atoms with van der Waals surface area (Å²) in [7, 11) is 3.30. The molecule has 0 atom stereocenters. The van der Waals surface area contributed by atoms with Gasteiger partial charge in [-0.25, -0.2) is 4.79 Å². The van der Waals surface area contributed by atoms with Crippen LogP contribution in [0.2, 0.25) is 0 Å². The fourth-order valence-electron chi connectivity index (χ4n) is 3.39. The van der Waals surface area contributed by atoms with Crippen molar-refractivity contribution in [2.45, 2.75) is 6.92 Å². The van der Waals surface area contributed by atoms with Crippen LogP contribution in [0.25, 0.3) is 26.6 Å². The van der Waals surface area contributed by atoms with Crippen LogP contribution in [0.3, 0.4) is 0 Å². The van der Waals surface area contributed by atoms with E-state index >= 15 is 0 Å². The summed E-state index contributed by atoms with van der Waals surface area (Å²) >= 11 is 1.64. The summed E-state index contributed by atoms with van der Waals surface area (Å²) in [5.41, 5.74) is 2.78. The Morgan fingerprint density at radius 3 is 2.25 bits per heavy atom. The Hall–Kier alpha value is -3.77. The standard InChI is InChI=1S/C26H22O5S/c1-16-14-21(10-4-17(16)7-13-24(27)28)31-25-22-12-11-20(30-3)15-23(22)32-26(25)18-5-8-19(29-2)9-6-18/h4-15H,1-3H3,(H,27,28). The number of hydrogen-bond donors (Lipinski definition) is 1. The number of rotatable bonds is 7. The van der Waals surface area contributed by atoms with Gasteiger partial charge >= 0.3 is 5.97 Å². The van der Waals surface area contributed by atoms with Gasteiger partial charge in [-0.05, 0) is 84.3 Å². The number of methoxy groups -OCH3 is 2. The third-order valence-electron chi connectivity index (χ3n) is 5.07. The van der Waals surface area contributed by atoms with E-state index in [0.717, 1.165) is 55.0 Å². The monoisotopic (exact) mass is 446 g/mol. The van der Waals surface area contributed by atoms with Crippen LogP contribution in [0.5, 0.6) is 23.0 Å². The number of fused-ring (bicyclic) bond motifs is 1. The highest BCUT2D eigenvalue weighted by molar-refractivity contribution is 7.22. The highest BCUT2D eigenvalue weighted by atomic mass is 32.1. The Morgan fingerprint density at radius 2 is 1.59 bits per heavy atom. The van der Waals surface area contributed by atoms with Crippen molar-refractivity contribution in [1.82, 2.24) is 0 Å². The van der Waals surface area contributed by atoms with E-state index in [4.69, 9.17) is 19.3 Å². The average Bonchev–Trinajstić information content (AvgIpc) is 3.15. The van der Waals surface area contributed by atoms with Gasteiger partial charge in [-0.3, -0.25) is 0 Å². The molecular weight excluding hydrogens is 424 g/mol. The quantitative estimate of drug-likeness (QED) is 0.317. The van der Waals surface area contributed by atoms with E-state index in [1.54, 1.807) is 31.6 Å². The molecule has 32 heavy (non-hydrogen) atoms. The molecule has 0 radical (unpaired) electrons. The molecule has 4 aromatic rings. The molecule has 3 aromatic carbocycles. The summed E-state index contributed by atoms with van der Waals surface area (Å²) in [6.45, 7) is 1.93. The van der Waals surface area contributed by atoms with Gasteiger partial charge in [0.15, 0.2) is 5.75 Å². The molecule has 0 fully saturated rings. The third kappa shape index (κ3) is 4.45. The molecule has 5 nitrogen and oxygen atoms in total. The molecule has 1 N–H and O–H groups in total. The molecule has 0 saturated heterocycles. The van der Waals surface area contributed by atoms with Gasteiger partial charge in [-0.15, -0.1) is 11.3 Å². The van der Waals surface area contributed by atoms with Crippen molar-refractivity contribution < 1.29 is 24.1 Å². The molecule has 0 amide bonds. The molecule has 4 rings (SSSR count). The lowest BCUT2D eigenvalue weighted by molar-refractivity contribution is -0.131. The van der Waals surface area contributed by atoms with Gasteiger partial charge in [-0.2, -0.15) is 0 Å². The lowest BCUT2D eigenvalue weighted by Gasteiger charge is -2.11. The third-order valence-corrected chi connectivity index (χ3v) is 6.25. The predicted octanol–water partition coefficient (Wildman–Crippen LogP) is 6.78. The van der Waals surface area contributed by atoms with Crippen molar-refractivity contribution in [3.05, 3.63) is 77.9 Å². The summed E-state index contributed by atoms with van der Waals surface area (Å²) in [5, 5.41) is 9.87. The van der Waals surface area contributed by atoms with Gasteiger partial charge < -0.3 is 19.3 Å². The molecule has 0 aliphatic rings. The first kappa shape index (κ1) is 21.5. The van der Waals surface area contributed by atoms with Gasteiger partial charge in [-0.1, -0.05) is 6.07 Å². The summed E-state index contributed by atoms with van der Waals surface area (Å²) in [6, 6.07) is 19.4. The average molecular weight is 447 g/mol. The maximum absolute atomic E-state index is 10.8. The molecule has 0 bridgehead atoms. The van der Waals surface area contributed by atoms with Crippen LogP contribution >= 0.6 is 11.3 Å². The Kier molecular flexibility index (Phi) is 6.14. The minimum atomic E-state index is -0.978. The van der Waals surface area contributed by atoms with Crippen molar-refractivity contribution in [2.75, 3.05) is 14.2 Å². The first-order valence-corrected chi connectivity index (χ1v) is 10.7. The normalized spacial score (nSPS) is 11.1. The highest BCUT2D eigenvalue weighted by Gasteiger charge is 2.17. The van der Waals surface area contributed by atoms with Crippen molar-refractivity contribution in [2.24, 2.45) is 0 Å². The number of ether oxygens (including phenoxy) is 3. The fourth-order valence-corrected chi connectivity index (χ4v) is 4.56. The summed E-state index contributed by atoms with van der Waals surface area (Å²) in [5.74, 6) is 2.05. The van der Waals surface area contributed by atoms with Crippen LogP contribution in [0.4, 0.5) is 0 Å². The number of carboxylic acids is 1. The lowest BCUT2D eigenvalue weighted by Crippen LogP contribution is -1.90. The zero-order valence-corrected chi connectivity index (χ0v) is 18.7. The summed E-state index contributed by atoms with van der Waals surface area (Å²) in [4.78, 5) is 11.8. The van der Waals surface area contributed by atoms with Crippen LogP contribution in [0.1, 0.15) is 11.1 Å². The summed E-state index contributed by atoms with van der Waals surface area (Å²) in [6.07, 6.45) is 2.71. The number of thiophene rings is 1. The molecule has 0 saturated carbocycles. The van der Waals surface area contributed by atoms with Crippen LogP contribution < -0.4 is 14.2 Å². The van der Waals surface area contributed by atoms with E-state index < -0.39 is 5.97 Å². The number of benzene rings is 3. The molecule has 0 aliphatic heterocycles. The van der Waals surface area contributed by atoms with E-state index in [1.807, 2.05) is 67.6 Å². The maximum Gasteiger partial charge on any atom is 0.328 e. The highest BCUT2D eigenvalue weighted by Crippen LogP contribution is 2.47. The van der Waals surface area contributed by atoms with E-state index in [0.29, 0.717) is 5.75 Å². The zero-order chi connectivity index (χ0) is 22.7. The molecule has 1 heterocycles. The minimum absolute atomic E-state index is 0.681. The number of aliphatic carboxylic acids is 1. The molecule has 0 spiro atoms. The van der Waals surface area contributed by atoms with Gasteiger partial charge in [0.05, 0.1) is 19.1 Å². The SMILES string of the molecule is COc1ccc(-c2sc3cc(OC)ccc3c2Oc2ccc(C=CC(=O)O)c(C)c2)cc1. The number of aryl methyl sites for hydroxylation is 1. The molecule has 162 valence electrons. The first-order valence-electron chi connectivity index (χ1n) is 9.93. The fraction of sp³-hybridized carbons (Fsp3) is 0.115. The van der Waals surface area contributed by atoms with Crippen molar-refractivity contribution >= 4 is 33.5 Å². The number of carboxylic acid groups (broad SMARTS) is 1. The van der Waals surface area contributed by atoms with Crippen LogP contribution in [0, 0.1) is 6.92 Å². The largest absolute Gasteiger partial charge is 0.497 e. The predicted molar refractivity (Wildman–Crippen MR) is 128 cm³/mol. The van der Waals surface area contributed by atoms with Crippen molar-refractivity contribution in [1.29, 1.82) is 0 Å². The lowest BCUT2D eigenvalue weighted by atomic mass is 10.1. The van der Waals surface area contributed by atoms with E-state index in [1.165, 1.54) is 0 Å². The van der Waals surface area contributed by atoms with E-state index in [-0.39, 0.29) is 0 Å². The molecular formula is C26H22O5S. The Balaban J connectivity index is 1.78. The maximum atomic E-state index is 10.8.